The predicted molar refractivity (Wildman–Crippen MR) is 96.2 cm³/mol. The van der Waals surface area contributed by atoms with Crippen molar-refractivity contribution in [2.24, 2.45) is 0 Å². The van der Waals surface area contributed by atoms with Gasteiger partial charge in [0.1, 0.15) is 5.82 Å². The molecule has 0 saturated heterocycles. The molecule has 2 N–H and O–H groups in total. The number of hydrogen-bond donors (Lipinski definition) is 2. The third-order valence-corrected chi connectivity index (χ3v) is 3.70. The predicted octanol–water partition coefficient (Wildman–Crippen LogP) is 5.94. The Bertz CT molecular complexity index is 911. The van der Waals surface area contributed by atoms with Crippen LogP contribution in [0.5, 0.6) is 0 Å². The first-order valence-electron chi connectivity index (χ1n) is 7.63. The van der Waals surface area contributed by atoms with E-state index in [1.54, 1.807) is 37.3 Å². The van der Waals surface area contributed by atoms with Crippen LogP contribution in [0.4, 0.5) is 36.3 Å². The van der Waals surface area contributed by atoms with Crippen molar-refractivity contribution in [1.29, 1.82) is 0 Å². The summed E-state index contributed by atoms with van der Waals surface area (Å²) in [7, 11) is 0. The molecule has 0 amide bonds. The minimum Gasteiger partial charge on any atom is -0.340 e. The van der Waals surface area contributed by atoms with Crippen LogP contribution in [0.1, 0.15) is 11.3 Å². The van der Waals surface area contributed by atoms with Gasteiger partial charge >= 0.3 is 6.18 Å². The molecular weight excluding hydrogens is 365 g/mol. The van der Waals surface area contributed by atoms with E-state index in [-0.39, 0.29) is 17.5 Å². The Morgan fingerprint density at radius 2 is 1.62 bits per heavy atom. The summed E-state index contributed by atoms with van der Waals surface area (Å²) in [5, 5.41) is 6.31. The quantitative estimate of drug-likeness (QED) is 0.589. The lowest BCUT2D eigenvalue weighted by Gasteiger charge is -2.15. The molecule has 0 atom stereocenters. The molecule has 26 heavy (non-hydrogen) atoms. The van der Waals surface area contributed by atoms with Crippen LogP contribution in [0.3, 0.4) is 0 Å². The van der Waals surface area contributed by atoms with Gasteiger partial charge in [-0.05, 0) is 43.3 Å². The highest BCUT2D eigenvalue weighted by Gasteiger charge is 2.33. The first-order chi connectivity index (χ1) is 12.3. The summed E-state index contributed by atoms with van der Waals surface area (Å²) in [5.74, 6) is 0.518. The van der Waals surface area contributed by atoms with Gasteiger partial charge in [0.15, 0.2) is 0 Å². The molecule has 3 aromatic rings. The van der Waals surface area contributed by atoms with E-state index in [1.165, 1.54) is 18.2 Å². The number of hydrogen-bond acceptors (Lipinski definition) is 4. The van der Waals surface area contributed by atoms with Crippen LogP contribution in [-0.2, 0) is 6.18 Å². The van der Waals surface area contributed by atoms with E-state index in [1.807, 2.05) is 0 Å². The van der Waals surface area contributed by atoms with E-state index >= 15 is 0 Å². The summed E-state index contributed by atoms with van der Waals surface area (Å²) >= 11 is 5.85. The van der Waals surface area contributed by atoms with Gasteiger partial charge in [0.25, 0.3) is 0 Å². The van der Waals surface area contributed by atoms with E-state index < -0.39 is 11.7 Å². The lowest BCUT2D eigenvalue weighted by Crippen LogP contribution is -2.09. The number of rotatable bonds is 4. The molecular formula is C18H14ClF3N4. The Balaban J connectivity index is 1.88. The number of para-hydroxylation sites is 1. The van der Waals surface area contributed by atoms with Crippen LogP contribution in [0.15, 0.2) is 54.6 Å². The summed E-state index contributed by atoms with van der Waals surface area (Å²) in [4.78, 5) is 8.48. The average molecular weight is 379 g/mol. The molecule has 8 heteroatoms. The molecule has 0 aliphatic rings. The second-order valence-corrected chi connectivity index (χ2v) is 5.95. The molecule has 134 valence electrons. The van der Waals surface area contributed by atoms with Crippen LogP contribution in [0.25, 0.3) is 0 Å². The van der Waals surface area contributed by atoms with Gasteiger partial charge in [0.05, 0.1) is 11.3 Å². The number of nitrogens with one attached hydrogen (secondary N) is 2. The SMILES string of the molecule is Cc1cc(Nc2ccccc2C(F)(F)F)nc(Nc2ccc(Cl)cc2)n1. The summed E-state index contributed by atoms with van der Waals surface area (Å²) < 4.78 is 39.4. The molecule has 2 aromatic carbocycles. The standard InChI is InChI=1S/C18H14ClF3N4/c1-11-10-16(25-15-5-3-2-4-14(15)18(20,21)22)26-17(23-11)24-13-8-6-12(19)7-9-13/h2-10H,1H3,(H2,23,24,25,26). The maximum Gasteiger partial charge on any atom is 0.418 e. The molecule has 3 rings (SSSR count). The zero-order chi connectivity index (χ0) is 18.7. The molecule has 1 heterocycles. The van der Waals surface area contributed by atoms with Crippen molar-refractivity contribution >= 4 is 34.7 Å². The molecule has 0 fully saturated rings. The largest absolute Gasteiger partial charge is 0.418 e. The van der Waals surface area contributed by atoms with Gasteiger partial charge < -0.3 is 10.6 Å². The Morgan fingerprint density at radius 1 is 0.923 bits per heavy atom. The highest BCUT2D eigenvalue weighted by molar-refractivity contribution is 6.30. The molecule has 0 radical (unpaired) electrons. The van der Waals surface area contributed by atoms with Crippen LogP contribution in [0, 0.1) is 6.92 Å². The number of aryl methyl sites for hydroxylation is 1. The van der Waals surface area contributed by atoms with Crippen molar-refractivity contribution in [3.05, 3.63) is 70.9 Å². The molecule has 0 saturated carbocycles. The first-order valence-corrected chi connectivity index (χ1v) is 8.00. The first kappa shape index (κ1) is 18.0. The fourth-order valence-electron chi connectivity index (χ4n) is 2.33. The number of benzene rings is 2. The topological polar surface area (TPSA) is 49.8 Å². The fraction of sp³-hybridized carbons (Fsp3) is 0.111. The lowest BCUT2D eigenvalue weighted by molar-refractivity contribution is -0.136. The van der Waals surface area contributed by atoms with Gasteiger partial charge in [0.2, 0.25) is 5.95 Å². The summed E-state index contributed by atoms with van der Waals surface area (Å²) in [6.45, 7) is 1.73. The monoisotopic (exact) mass is 378 g/mol. The zero-order valence-corrected chi connectivity index (χ0v) is 14.4. The number of aromatic nitrogens is 2. The van der Waals surface area contributed by atoms with Gasteiger partial charge in [0, 0.05) is 22.5 Å². The van der Waals surface area contributed by atoms with Gasteiger partial charge in [-0.25, -0.2) is 4.98 Å². The van der Waals surface area contributed by atoms with Gasteiger partial charge in [-0.15, -0.1) is 0 Å². The Kier molecular flexibility index (Phi) is 4.99. The number of nitrogens with zero attached hydrogens (tertiary/aromatic N) is 2. The van der Waals surface area contributed by atoms with E-state index in [4.69, 9.17) is 11.6 Å². The smallest absolute Gasteiger partial charge is 0.340 e. The van der Waals surface area contributed by atoms with Crippen molar-refractivity contribution in [3.8, 4) is 0 Å². The van der Waals surface area contributed by atoms with Crippen molar-refractivity contribution in [3.63, 3.8) is 0 Å². The Labute approximate surface area is 153 Å². The lowest BCUT2D eigenvalue weighted by atomic mass is 10.1. The third-order valence-electron chi connectivity index (χ3n) is 3.45. The highest BCUT2D eigenvalue weighted by atomic mass is 35.5. The summed E-state index contributed by atoms with van der Waals surface area (Å²) in [6.07, 6.45) is -4.46. The highest BCUT2D eigenvalue weighted by Crippen LogP contribution is 2.35. The second-order valence-electron chi connectivity index (χ2n) is 5.52. The molecule has 0 aliphatic heterocycles. The summed E-state index contributed by atoms with van der Waals surface area (Å²) in [5.41, 5.74) is 0.476. The molecule has 0 spiro atoms. The molecule has 0 unspecified atom stereocenters. The van der Waals surface area contributed by atoms with Crippen LogP contribution in [-0.4, -0.2) is 9.97 Å². The van der Waals surface area contributed by atoms with Gasteiger partial charge in [-0.3, -0.25) is 0 Å². The number of alkyl halides is 3. The van der Waals surface area contributed by atoms with Crippen LogP contribution >= 0.6 is 11.6 Å². The van der Waals surface area contributed by atoms with E-state index in [9.17, 15) is 13.2 Å². The number of halogens is 4. The van der Waals surface area contributed by atoms with Gasteiger partial charge in [-0.1, -0.05) is 23.7 Å². The van der Waals surface area contributed by atoms with E-state index in [0.717, 1.165) is 6.07 Å². The molecule has 0 bridgehead atoms. The maximum absolute atomic E-state index is 13.1. The second kappa shape index (κ2) is 7.21. The Morgan fingerprint density at radius 3 is 2.31 bits per heavy atom. The van der Waals surface area contributed by atoms with Gasteiger partial charge in [-0.2, -0.15) is 18.2 Å². The summed E-state index contributed by atoms with van der Waals surface area (Å²) in [6, 6.07) is 13.7. The molecule has 4 nitrogen and oxygen atoms in total. The van der Waals surface area contributed by atoms with Crippen molar-refractivity contribution < 1.29 is 13.2 Å². The molecule has 0 aliphatic carbocycles. The van der Waals surface area contributed by atoms with Crippen LogP contribution in [0.2, 0.25) is 5.02 Å². The average Bonchev–Trinajstić information content (AvgIpc) is 2.56. The minimum absolute atomic E-state index is 0.0736. The maximum atomic E-state index is 13.1. The van der Waals surface area contributed by atoms with Crippen LogP contribution < -0.4 is 10.6 Å². The van der Waals surface area contributed by atoms with Crippen molar-refractivity contribution in [2.75, 3.05) is 10.6 Å². The Hall–Kier alpha value is -2.80. The fourth-order valence-corrected chi connectivity index (χ4v) is 2.45. The minimum atomic E-state index is -4.46. The van der Waals surface area contributed by atoms with Crippen molar-refractivity contribution in [2.45, 2.75) is 13.1 Å². The van der Waals surface area contributed by atoms with Crippen molar-refractivity contribution in [1.82, 2.24) is 9.97 Å². The molecule has 1 aromatic heterocycles. The zero-order valence-electron chi connectivity index (χ0n) is 13.6. The third kappa shape index (κ3) is 4.43. The van der Waals surface area contributed by atoms with E-state index in [0.29, 0.717) is 16.4 Å². The normalized spacial score (nSPS) is 11.3. The number of anilines is 4. The van der Waals surface area contributed by atoms with E-state index in [2.05, 4.69) is 20.6 Å².